The van der Waals surface area contributed by atoms with Crippen LogP contribution in [0.5, 0.6) is 0 Å². The molecule has 0 amide bonds. The third-order valence-electron chi connectivity index (χ3n) is 2.02. The Morgan fingerprint density at radius 3 is 2.44 bits per heavy atom. The van der Waals surface area contributed by atoms with Crippen LogP contribution in [0.1, 0.15) is 17.3 Å². The van der Waals surface area contributed by atoms with Crippen molar-refractivity contribution in [3.8, 4) is 0 Å². The number of nitrogens with one attached hydrogen (secondary N) is 1. The van der Waals surface area contributed by atoms with Crippen LogP contribution in [0, 0.1) is 0 Å². The highest BCUT2D eigenvalue weighted by atomic mass is 19.4. The van der Waals surface area contributed by atoms with Gasteiger partial charge in [-0.05, 0) is 19.1 Å². The summed E-state index contributed by atoms with van der Waals surface area (Å²) in [6.45, 7) is 0.929. The lowest BCUT2D eigenvalue weighted by molar-refractivity contribution is -0.138. The lowest BCUT2D eigenvalue weighted by atomic mass is 10.1. The van der Waals surface area contributed by atoms with Crippen LogP contribution in [0.4, 0.5) is 18.9 Å². The fourth-order valence-corrected chi connectivity index (χ4v) is 1.11. The number of benzene rings is 1. The molecule has 0 aromatic heterocycles. The van der Waals surface area contributed by atoms with E-state index < -0.39 is 18.2 Å². The minimum Gasteiger partial charge on any atom is -0.478 e. The summed E-state index contributed by atoms with van der Waals surface area (Å²) in [6, 6.07) is 3.66. The molecule has 1 aromatic carbocycles. The molecule has 0 bridgehead atoms. The zero-order valence-corrected chi connectivity index (χ0v) is 8.38. The molecule has 1 rings (SSSR count). The maximum absolute atomic E-state index is 12.3. The Kier molecular flexibility index (Phi) is 3.41. The van der Waals surface area contributed by atoms with Crippen molar-refractivity contribution in [2.45, 2.75) is 19.1 Å². The van der Waals surface area contributed by atoms with E-state index in [4.69, 9.17) is 5.11 Å². The van der Waals surface area contributed by atoms with Gasteiger partial charge in [0.1, 0.15) is 6.04 Å². The molecule has 2 N–H and O–H groups in total. The van der Waals surface area contributed by atoms with Crippen molar-refractivity contribution in [3.05, 3.63) is 29.8 Å². The summed E-state index contributed by atoms with van der Waals surface area (Å²) < 4.78 is 36.8. The van der Waals surface area contributed by atoms with E-state index in [1.807, 2.05) is 0 Å². The van der Waals surface area contributed by atoms with Crippen molar-refractivity contribution in [3.63, 3.8) is 0 Å². The fraction of sp³-hybridized carbons (Fsp3) is 0.300. The molecule has 6 heteroatoms. The van der Waals surface area contributed by atoms with Gasteiger partial charge in [0.2, 0.25) is 0 Å². The Morgan fingerprint density at radius 1 is 1.38 bits per heavy atom. The summed E-state index contributed by atoms with van der Waals surface area (Å²) in [5, 5.41) is 10.9. The molecule has 1 aromatic rings. The molecule has 0 aliphatic carbocycles. The average Bonchev–Trinajstić information content (AvgIpc) is 2.16. The second-order valence-electron chi connectivity index (χ2n) is 3.26. The molecule has 0 aliphatic rings. The summed E-state index contributed by atoms with van der Waals surface area (Å²) in [6.07, 6.45) is -4.41. The number of hydrogen-bond acceptors (Lipinski definition) is 2. The second kappa shape index (κ2) is 4.42. The Morgan fingerprint density at radius 2 is 1.94 bits per heavy atom. The highest BCUT2D eigenvalue weighted by Gasteiger charge is 2.36. The van der Waals surface area contributed by atoms with Crippen molar-refractivity contribution >= 4 is 11.7 Å². The Labute approximate surface area is 89.9 Å². The van der Waals surface area contributed by atoms with Gasteiger partial charge >= 0.3 is 12.1 Å². The number of para-hydroxylation sites is 1. The Hall–Kier alpha value is -1.72. The molecule has 0 unspecified atom stereocenters. The van der Waals surface area contributed by atoms with Crippen molar-refractivity contribution in [1.29, 1.82) is 0 Å². The number of carboxylic acids is 1. The number of hydrogen-bond donors (Lipinski definition) is 2. The van der Waals surface area contributed by atoms with Crippen LogP contribution in [0.3, 0.4) is 0 Å². The molecule has 3 nitrogen and oxygen atoms in total. The van der Waals surface area contributed by atoms with Gasteiger partial charge in [-0.15, -0.1) is 0 Å². The van der Waals surface area contributed by atoms with Gasteiger partial charge in [-0.1, -0.05) is 12.1 Å². The summed E-state index contributed by atoms with van der Waals surface area (Å²) in [4.78, 5) is 10.7. The Bertz CT molecular complexity index is 390. The summed E-state index contributed by atoms with van der Waals surface area (Å²) in [5.74, 6) is -1.27. The van der Waals surface area contributed by atoms with Gasteiger partial charge in [0.25, 0.3) is 0 Å². The van der Waals surface area contributed by atoms with E-state index in [1.165, 1.54) is 24.3 Å². The van der Waals surface area contributed by atoms with E-state index in [2.05, 4.69) is 5.32 Å². The van der Waals surface area contributed by atoms with Gasteiger partial charge in [-0.3, -0.25) is 0 Å². The van der Waals surface area contributed by atoms with Crippen LogP contribution in [0.2, 0.25) is 0 Å². The normalized spacial score (nSPS) is 13.2. The molecule has 0 heterocycles. The standard InChI is InChI=1S/C10H10F3NO2/c1-6(10(11,12)13)14-8-5-3-2-4-7(8)9(15)16/h2-6,14H,1H3,(H,15,16)/t6-/m0/s1. The molecule has 88 valence electrons. The van der Waals surface area contributed by atoms with Gasteiger partial charge in [-0.25, -0.2) is 4.79 Å². The monoisotopic (exact) mass is 233 g/mol. The van der Waals surface area contributed by atoms with E-state index in [0.29, 0.717) is 0 Å². The van der Waals surface area contributed by atoms with E-state index in [0.717, 1.165) is 6.92 Å². The summed E-state index contributed by atoms with van der Waals surface area (Å²) in [7, 11) is 0. The van der Waals surface area contributed by atoms with Gasteiger partial charge in [-0.2, -0.15) is 13.2 Å². The SMILES string of the molecule is C[C@H](Nc1ccccc1C(=O)O)C(F)(F)F. The maximum atomic E-state index is 12.3. The third kappa shape index (κ3) is 2.88. The molecule has 16 heavy (non-hydrogen) atoms. The molecule has 0 aliphatic heterocycles. The lowest BCUT2D eigenvalue weighted by Crippen LogP contribution is -2.33. The van der Waals surface area contributed by atoms with Crippen molar-refractivity contribution in [2.24, 2.45) is 0 Å². The largest absolute Gasteiger partial charge is 0.478 e. The van der Waals surface area contributed by atoms with Crippen LogP contribution in [0.15, 0.2) is 24.3 Å². The number of carbonyl (C=O) groups is 1. The highest BCUT2D eigenvalue weighted by molar-refractivity contribution is 5.94. The number of alkyl halides is 3. The fourth-order valence-electron chi connectivity index (χ4n) is 1.11. The minimum absolute atomic E-state index is 0.0418. The molecule has 0 fully saturated rings. The number of aromatic carboxylic acids is 1. The van der Waals surface area contributed by atoms with Crippen LogP contribution in [-0.2, 0) is 0 Å². The van der Waals surface area contributed by atoms with E-state index in [-0.39, 0.29) is 11.3 Å². The topological polar surface area (TPSA) is 49.3 Å². The van der Waals surface area contributed by atoms with E-state index in [1.54, 1.807) is 0 Å². The predicted molar refractivity (Wildman–Crippen MR) is 52.5 cm³/mol. The van der Waals surface area contributed by atoms with Crippen molar-refractivity contribution < 1.29 is 23.1 Å². The van der Waals surface area contributed by atoms with Crippen LogP contribution in [0.25, 0.3) is 0 Å². The maximum Gasteiger partial charge on any atom is 0.408 e. The molecule has 1 atom stereocenters. The molecule has 0 saturated carbocycles. The van der Waals surface area contributed by atoms with E-state index in [9.17, 15) is 18.0 Å². The van der Waals surface area contributed by atoms with Gasteiger partial charge in [0.15, 0.2) is 0 Å². The predicted octanol–water partition coefficient (Wildman–Crippen LogP) is 2.75. The zero-order chi connectivity index (χ0) is 12.3. The summed E-state index contributed by atoms with van der Waals surface area (Å²) in [5.41, 5.74) is -0.224. The Balaban J connectivity index is 2.93. The first-order chi connectivity index (χ1) is 7.32. The number of rotatable bonds is 3. The first-order valence-corrected chi connectivity index (χ1v) is 4.48. The zero-order valence-electron chi connectivity index (χ0n) is 8.38. The third-order valence-corrected chi connectivity index (χ3v) is 2.02. The second-order valence-corrected chi connectivity index (χ2v) is 3.26. The number of halogens is 3. The van der Waals surface area contributed by atoms with Gasteiger partial charge in [0.05, 0.1) is 5.56 Å². The molecule has 0 saturated heterocycles. The number of carboxylic acid groups (broad SMARTS) is 1. The molecule has 0 spiro atoms. The molecular weight excluding hydrogens is 223 g/mol. The smallest absolute Gasteiger partial charge is 0.408 e. The summed E-state index contributed by atoms with van der Waals surface area (Å²) >= 11 is 0. The van der Waals surface area contributed by atoms with Crippen molar-refractivity contribution in [2.75, 3.05) is 5.32 Å². The van der Waals surface area contributed by atoms with Gasteiger partial charge < -0.3 is 10.4 Å². The highest BCUT2D eigenvalue weighted by Crippen LogP contribution is 2.24. The lowest BCUT2D eigenvalue weighted by Gasteiger charge is -2.19. The molecular formula is C10H10F3NO2. The van der Waals surface area contributed by atoms with Crippen LogP contribution < -0.4 is 5.32 Å². The average molecular weight is 233 g/mol. The van der Waals surface area contributed by atoms with Crippen LogP contribution >= 0.6 is 0 Å². The molecule has 0 radical (unpaired) electrons. The minimum atomic E-state index is -4.41. The first-order valence-electron chi connectivity index (χ1n) is 4.48. The van der Waals surface area contributed by atoms with Crippen LogP contribution in [-0.4, -0.2) is 23.3 Å². The number of anilines is 1. The van der Waals surface area contributed by atoms with Gasteiger partial charge in [0, 0.05) is 5.69 Å². The van der Waals surface area contributed by atoms with E-state index >= 15 is 0 Å². The van der Waals surface area contributed by atoms with Crippen molar-refractivity contribution in [1.82, 2.24) is 0 Å². The first kappa shape index (κ1) is 12.4. The quantitative estimate of drug-likeness (QED) is 0.843.